The molecule has 4 heteroatoms. The van der Waals surface area contributed by atoms with E-state index in [1.54, 1.807) is 18.3 Å². The molecular formula is C32H36ClNO2. The Morgan fingerprint density at radius 1 is 0.889 bits per heavy atom. The monoisotopic (exact) mass is 501 g/mol. The minimum Gasteiger partial charge on any atom is -0.445 e. The number of aromatic nitrogens is 1. The predicted molar refractivity (Wildman–Crippen MR) is 155 cm³/mol. The van der Waals surface area contributed by atoms with E-state index in [0.29, 0.717) is 16.7 Å². The van der Waals surface area contributed by atoms with Crippen LogP contribution in [0.25, 0.3) is 22.6 Å². The first-order valence-corrected chi connectivity index (χ1v) is 12.3. The molecule has 3 nitrogen and oxygen atoms in total. The Labute approximate surface area is 222 Å². The van der Waals surface area contributed by atoms with E-state index in [9.17, 15) is 0 Å². The second-order valence-electron chi connectivity index (χ2n) is 6.58. The first kappa shape index (κ1) is 32.1. The molecule has 1 aromatic heterocycles. The maximum atomic E-state index is 6.17. The molecule has 0 N–H and O–H groups in total. The van der Waals surface area contributed by atoms with Gasteiger partial charge in [0.15, 0.2) is 0 Å². The van der Waals surface area contributed by atoms with Gasteiger partial charge in [-0.25, -0.2) is 4.98 Å². The van der Waals surface area contributed by atoms with Crippen LogP contribution in [-0.2, 0) is 6.42 Å². The summed E-state index contributed by atoms with van der Waals surface area (Å²) in [7, 11) is 0. The maximum absolute atomic E-state index is 6.17. The van der Waals surface area contributed by atoms with Gasteiger partial charge >= 0.3 is 0 Å². The molecule has 0 aliphatic heterocycles. The highest BCUT2D eigenvalue weighted by molar-refractivity contribution is 6.31. The van der Waals surface area contributed by atoms with E-state index in [1.807, 2.05) is 40.7 Å². The number of oxazole rings is 1. The summed E-state index contributed by atoms with van der Waals surface area (Å²) in [5, 5.41) is 0.591. The van der Waals surface area contributed by atoms with Crippen molar-refractivity contribution in [3.8, 4) is 53.7 Å². The molecule has 1 heterocycles. The number of hydrogen-bond acceptors (Lipinski definition) is 3. The van der Waals surface area contributed by atoms with Crippen LogP contribution in [0.4, 0.5) is 0 Å². The number of hydrogen-bond donors (Lipinski definition) is 0. The molecule has 4 aromatic rings. The topological polar surface area (TPSA) is 35.3 Å². The minimum absolute atomic E-state index is 0.483. The van der Waals surface area contributed by atoms with Gasteiger partial charge in [0.2, 0.25) is 5.89 Å². The van der Waals surface area contributed by atoms with Gasteiger partial charge < -0.3 is 9.15 Å². The van der Waals surface area contributed by atoms with Crippen molar-refractivity contribution in [2.45, 2.75) is 48.0 Å². The Morgan fingerprint density at radius 2 is 1.47 bits per heavy atom. The summed E-state index contributed by atoms with van der Waals surface area (Å²) in [5.74, 6) is 1.05. The Hall–Kier alpha value is -3.92. The normalized spacial score (nSPS) is 8.67. The zero-order valence-corrected chi connectivity index (χ0v) is 22.8. The quantitative estimate of drug-likeness (QED) is 0.261. The average molecular weight is 502 g/mol. The Kier molecular flexibility index (Phi) is 17.3. The summed E-state index contributed by atoms with van der Waals surface area (Å²) in [4.78, 5) is 4.05. The molecule has 0 aliphatic rings. The summed E-state index contributed by atoms with van der Waals surface area (Å²) >= 11 is 6.17. The van der Waals surface area contributed by atoms with Gasteiger partial charge in [-0.3, -0.25) is 0 Å². The molecule has 0 atom stereocenters. The number of halogens is 1. The summed E-state index contributed by atoms with van der Waals surface area (Å²) < 4.78 is 10.3. The lowest BCUT2D eigenvalue weighted by Crippen LogP contribution is -1.92. The third-order valence-electron chi connectivity index (χ3n) is 4.51. The molecule has 188 valence electrons. The van der Waals surface area contributed by atoms with Gasteiger partial charge in [0, 0.05) is 16.1 Å². The number of aryl methyl sites for hydroxylation is 1. The number of nitrogens with zero attached hydrogens (tertiary/aromatic N) is 1. The van der Waals surface area contributed by atoms with Crippen molar-refractivity contribution in [1.29, 1.82) is 0 Å². The molecule has 36 heavy (non-hydrogen) atoms. The van der Waals surface area contributed by atoms with E-state index < -0.39 is 0 Å². The van der Waals surface area contributed by atoms with Crippen molar-refractivity contribution < 1.29 is 9.15 Å². The van der Waals surface area contributed by atoms with Crippen LogP contribution in [-0.4, -0.2) is 4.98 Å². The number of terminal acetylenes is 2. The lowest BCUT2D eigenvalue weighted by atomic mass is 10.0. The summed E-state index contributed by atoms with van der Waals surface area (Å²) in [6, 6.07) is 22.6. The van der Waals surface area contributed by atoms with Crippen molar-refractivity contribution in [2.75, 3.05) is 0 Å². The van der Waals surface area contributed by atoms with Gasteiger partial charge in [-0.1, -0.05) is 113 Å². The van der Waals surface area contributed by atoms with Crippen LogP contribution in [0, 0.1) is 32.3 Å². The van der Waals surface area contributed by atoms with Crippen molar-refractivity contribution in [3.05, 3.63) is 95.3 Å². The molecule has 0 aliphatic carbocycles. The number of rotatable bonds is 4. The first-order chi connectivity index (χ1) is 17.6. The van der Waals surface area contributed by atoms with Gasteiger partial charge in [0.25, 0.3) is 0 Å². The highest BCUT2D eigenvalue weighted by Crippen LogP contribution is 2.33. The van der Waals surface area contributed by atoms with Crippen LogP contribution in [0.3, 0.4) is 0 Å². The standard InChI is InChI=1S/C13H10ClNO2.C13H12.2C2H6.C2H2/c1-3-10-11(14)7-9(8-12(10)16-4-2)13-15-5-6-17-13;1-11-7-9-13(10-8-11)12-5-3-2-4-6-12;3*1-2/h2,5-8H,3H2,1H3;2-10H,1H3;2*1-2H3;1-2H. The van der Waals surface area contributed by atoms with Crippen molar-refractivity contribution in [2.24, 2.45) is 0 Å². The first-order valence-electron chi connectivity index (χ1n) is 11.9. The molecule has 0 fully saturated rings. The van der Waals surface area contributed by atoms with E-state index in [1.165, 1.54) is 23.0 Å². The fourth-order valence-electron chi connectivity index (χ4n) is 2.98. The molecule has 0 saturated heterocycles. The predicted octanol–water partition coefficient (Wildman–Crippen LogP) is 9.49. The third-order valence-corrected chi connectivity index (χ3v) is 4.85. The van der Waals surface area contributed by atoms with Gasteiger partial charge in [-0.2, -0.15) is 0 Å². The molecule has 0 radical (unpaired) electrons. The Morgan fingerprint density at radius 3 is 1.97 bits per heavy atom. The minimum atomic E-state index is 0.483. The third kappa shape index (κ3) is 10.1. The van der Waals surface area contributed by atoms with Crippen molar-refractivity contribution in [1.82, 2.24) is 4.98 Å². The maximum Gasteiger partial charge on any atom is 0.226 e. The highest BCUT2D eigenvalue weighted by atomic mass is 35.5. The van der Waals surface area contributed by atoms with Gasteiger partial charge in [-0.05, 0) is 36.6 Å². The SMILES string of the molecule is C#C.C#COc1cc(-c2ncco2)cc(Cl)c1CC.CC.CC.Cc1ccc(-c2ccccc2)cc1. The summed E-state index contributed by atoms with van der Waals surface area (Å²) in [6.07, 6.45) is 19.1. The highest BCUT2D eigenvalue weighted by Gasteiger charge is 2.12. The van der Waals surface area contributed by atoms with E-state index in [4.69, 9.17) is 27.2 Å². The summed E-state index contributed by atoms with van der Waals surface area (Å²) in [5.41, 5.74) is 5.48. The van der Waals surface area contributed by atoms with Crippen LogP contribution < -0.4 is 4.74 Å². The van der Waals surface area contributed by atoms with Gasteiger partial charge in [-0.15, -0.1) is 12.8 Å². The van der Waals surface area contributed by atoms with E-state index in [-0.39, 0.29) is 0 Å². The molecular weight excluding hydrogens is 466 g/mol. The van der Waals surface area contributed by atoms with Crippen LogP contribution in [0.5, 0.6) is 5.75 Å². The largest absolute Gasteiger partial charge is 0.445 e. The molecule has 0 bridgehead atoms. The van der Waals surface area contributed by atoms with Crippen LogP contribution in [0.1, 0.15) is 45.7 Å². The second kappa shape index (κ2) is 19.4. The van der Waals surface area contributed by atoms with Gasteiger partial charge in [0.05, 0.1) is 6.20 Å². The van der Waals surface area contributed by atoms with E-state index >= 15 is 0 Å². The fraction of sp³-hybridized carbons (Fsp3) is 0.219. The smallest absolute Gasteiger partial charge is 0.226 e. The zero-order valence-electron chi connectivity index (χ0n) is 22.1. The summed E-state index contributed by atoms with van der Waals surface area (Å²) in [6.45, 7) is 12.1. The van der Waals surface area contributed by atoms with E-state index in [0.717, 1.165) is 17.5 Å². The van der Waals surface area contributed by atoms with Crippen molar-refractivity contribution >= 4 is 11.6 Å². The van der Waals surface area contributed by atoms with E-state index in [2.05, 4.69) is 79.4 Å². The Balaban J connectivity index is 0.000000576. The molecule has 0 amide bonds. The lowest BCUT2D eigenvalue weighted by molar-refractivity contribution is 0.513. The second-order valence-corrected chi connectivity index (χ2v) is 6.98. The number of benzene rings is 3. The van der Waals surface area contributed by atoms with Crippen LogP contribution in [0.2, 0.25) is 5.02 Å². The van der Waals surface area contributed by atoms with Crippen molar-refractivity contribution in [3.63, 3.8) is 0 Å². The van der Waals surface area contributed by atoms with Crippen LogP contribution in [0.15, 0.2) is 83.6 Å². The molecule has 0 saturated carbocycles. The zero-order chi connectivity index (χ0) is 27.3. The fourth-order valence-corrected chi connectivity index (χ4v) is 3.32. The average Bonchev–Trinajstić information content (AvgIpc) is 3.49. The molecule has 4 rings (SSSR count). The van der Waals surface area contributed by atoms with Gasteiger partial charge in [0.1, 0.15) is 18.1 Å². The molecule has 0 unspecified atom stereocenters. The lowest BCUT2D eigenvalue weighted by Gasteiger charge is -2.08. The van der Waals surface area contributed by atoms with Crippen LogP contribution >= 0.6 is 11.6 Å². The molecule has 3 aromatic carbocycles. The molecule has 0 spiro atoms. The Bertz CT molecular complexity index is 1160. The number of ether oxygens (including phenoxy) is 1.